The topological polar surface area (TPSA) is 89.3 Å². The van der Waals surface area contributed by atoms with Crippen molar-refractivity contribution in [2.24, 2.45) is 5.14 Å². The van der Waals surface area contributed by atoms with Gasteiger partial charge in [0.2, 0.25) is 10.0 Å². The van der Waals surface area contributed by atoms with Crippen LogP contribution in [0.15, 0.2) is 18.2 Å². The van der Waals surface area contributed by atoms with E-state index in [2.05, 4.69) is 5.32 Å². The van der Waals surface area contributed by atoms with Gasteiger partial charge in [-0.15, -0.1) is 0 Å². The molecule has 0 aliphatic carbocycles. The minimum Gasteiger partial charge on any atom is -0.352 e. The van der Waals surface area contributed by atoms with Gasteiger partial charge in [0.1, 0.15) is 5.82 Å². The second-order valence-corrected chi connectivity index (χ2v) is 5.74. The summed E-state index contributed by atoms with van der Waals surface area (Å²) in [7, 11) is -3.53. The van der Waals surface area contributed by atoms with E-state index in [1.165, 1.54) is 6.07 Å². The van der Waals surface area contributed by atoms with Gasteiger partial charge < -0.3 is 5.32 Å². The van der Waals surface area contributed by atoms with E-state index in [1.807, 2.05) is 0 Å². The molecule has 0 fully saturated rings. The Hall–Kier alpha value is -1.18. The summed E-state index contributed by atoms with van der Waals surface area (Å²) in [6.07, 6.45) is 0.198. The van der Waals surface area contributed by atoms with Gasteiger partial charge in [-0.1, -0.05) is 11.6 Å². The van der Waals surface area contributed by atoms with Gasteiger partial charge in [-0.25, -0.2) is 17.9 Å². The van der Waals surface area contributed by atoms with Gasteiger partial charge in [-0.3, -0.25) is 4.79 Å². The van der Waals surface area contributed by atoms with Crippen molar-refractivity contribution in [2.45, 2.75) is 6.42 Å². The number of nitrogens with two attached hydrogens (primary N) is 1. The van der Waals surface area contributed by atoms with E-state index >= 15 is 0 Å². The van der Waals surface area contributed by atoms with Crippen molar-refractivity contribution in [3.63, 3.8) is 0 Å². The lowest BCUT2D eigenvalue weighted by molar-refractivity contribution is 0.0954. The molecule has 18 heavy (non-hydrogen) atoms. The molecule has 0 saturated carbocycles. The van der Waals surface area contributed by atoms with E-state index in [1.54, 1.807) is 0 Å². The summed E-state index contributed by atoms with van der Waals surface area (Å²) in [6, 6.07) is 3.40. The largest absolute Gasteiger partial charge is 0.352 e. The lowest BCUT2D eigenvalue weighted by Gasteiger charge is -2.06. The van der Waals surface area contributed by atoms with Crippen LogP contribution in [0.1, 0.15) is 16.8 Å². The number of nitrogens with one attached hydrogen (secondary N) is 1. The Kier molecular flexibility index (Phi) is 5.06. The molecule has 0 saturated heterocycles. The molecule has 1 aromatic carbocycles. The molecule has 0 aliphatic heterocycles. The van der Waals surface area contributed by atoms with Crippen molar-refractivity contribution < 1.29 is 17.6 Å². The molecular weight excluding hydrogens is 283 g/mol. The lowest BCUT2D eigenvalue weighted by atomic mass is 10.2. The number of amides is 1. The van der Waals surface area contributed by atoms with Crippen molar-refractivity contribution in [3.8, 4) is 0 Å². The fourth-order valence-corrected chi connectivity index (χ4v) is 2.04. The molecule has 0 bridgehead atoms. The van der Waals surface area contributed by atoms with Crippen LogP contribution in [0.25, 0.3) is 0 Å². The molecular formula is C10H12ClFN2O3S. The quantitative estimate of drug-likeness (QED) is 0.790. The zero-order valence-corrected chi connectivity index (χ0v) is 10.9. The predicted octanol–water partition coefficient (Wildman–Crippen LogP) is 0.888. The highest BCUT2D eigenvalue weighted by Crippen LogP contribution is 2.16. The average Bonchev–Trinajstić information content (AvgIpc) is 2.22. The van der Waals surface area contributed by atoms with E-state index in [9.17, 15) is 17.6 Å². The fraction of sp³-hybridized carbons (Fsp3) is 0.300. The number of halogens is 2. The Morgan fingerprint density at radius 2 is 2.11 bits per heavy atom. The first-order valence-corrected chi connectivity index (χ1v) is 7.12. The fourth-order valence-electron chi connectivity index (χ4n) is 1.24. The molecule has 1 amide bonds. The van der Waals surface area contributed by atoms with Crippen LogP contribution in [0.4, 0.5) is 4.39 Å². The monoisotopic (exact) mass is 294 g/mol. The van der Waals surface area contributed by atoms with Gasteiger partial charge in [-0.05, 0) is 24.6 Å². The molecule has 0 aromatic heterocycles. The van der Waals surface area contributed by atoms with Crippen LogP contribution in [0.3, 0.4) is 0 Å². The first-order valence-electron chi connectivity index (χ1n) is 5.03. The number of hydrogen-bond donors (Lipinski definition) is 2. The summed E-state index contributed by atoms with van der Waals surface area (Å²) >= 11 is 5.69. The maximum absolute atomic E-state index is 12.8. The first-order chi connectivity index (χ1) is 8.29. The third-order valence-corrected chi connectivity index (χ3v) is 3.24. The van der Waals surface area contributed by atoms with Gasteiger partial charge >= 0.3 is 0 Å². The van der Waals surface area contributed by atoms with E-state index in [4.69, 9.17) is 16.7 Å². The Morgan fingerprint density at radius 1 is 1.44 bits per heavy atom. The number of primary sulfonamides is 1. The Bertz CT molecular complexity index is 548. The molecule has 0 unspecified atom stereocenters. The number of carbonyl (C=O) groups excluding carboxylic acids is 1. The molecule has 5 nitrogen and oxygen atoms in total. The van der Waals surface area contributed by atoms with Gasteiger partial charge in [-0.2, -0.15) is 0 Å². The minimum atomic E-state index is -3.53. The third-order valence-electron chi connectivity index (χ3n) is 2.07. The van der Waals surface area contributed by atoms with E-state index < -0.39 is 21.7 Å². The van der Waals surface area contributed by atoms with Crippen LogP contribution in [-0.4, -0.2) is 26.6 Å². The molecule has 1 rings (SSSR count). The minimum absolute atomic E-state index is 0.000976. The van der Waals surface area contributed by atoms with Crippen molar-refractivity contribution in [2.75, 3.05) is 12.3 Å². The zero-order chi connectivity index (χ0) is 13.8. The third kappa shape index (κ3) is 4.99. The Balaban J connectivity index is 2.51. The summed E-state index contributed by atoms with van der Waals surface area (Å²) in [5.74, 6) is -1.25. The van der Waals surface area contributed by atoms with Crippen molar-refractivity contribution in [1.82, 2.24) is 5.32 Å². The average molecular weight is 295 g/mol. The van der Waals surface area contributed by atoms with Crippen molar-refractivity contribution >= 4 is 27.5 Å². The maximum Gasteiger partial charge on any atom is 0.252 e. The van der Waals surface area contributed by atoms with E-state index in [-0.39, 0.29) is 29.3 Å². The first kappa shape index (κ1) is 14.9. The van der Waals surface area contributed by atoms with E-state index in [0.717, 1.165) is 12.1 Å². The number of rotatable bonds is 5. The summed E-state index contributed by atoms with van der Waals surface area (Å²) in [5.41, 5.74) is 0.133. The second-order valence-electron chi connectivity index (χ2n) is 3.60. The van der Waals surface area contributed by atoms with Crippen molar-refractivity contribution in [1.29, 1.82) is 0 Å². The maximum atomic E-state index is 12.8. The van der Waals surface area contributed by atoms with Crippen LogP contribution >= 0.6 is 11.6 Å². The highest BCUT2D eigenvalue weighted by molar-refractivity contribution is 7.89. The summed E-state index contributed by atoms with van der Waals surface area (Å²) < 4.78 is 34.0. The summed E-state index contributed by atoms with van der Waals surface area (Å²) in [6.45, 7) is 0.142. The van der Waals surface area contributed by atoms with Gasteiger partial charge in [0, 0.05) is 6.54 Å². The molecule has 0 aliphatic rings. The predicted molar refractivity (Wildman–Crippen MR) is 66.3 cm³/mol. The van der Waals surface area contributed by atoms with Crippen LogP contribution in [0.5, 0.6) is 0 Å². The van der Waals surface area contributed by atoms with Crippen LogP contribution < -0.4 is 10.5 Å². The van der Waals surface area contributed by atoms with Crippen LogP contribution in [0, 0.1) is 5.82 Å². The number of benzene rings is 1. The number of carbonyl (C=O) groups is 1. The van der Waals surface area contributed by atoms with Crippen LogP contribution in [-0.2, 0) is 10.0 Å². The Labute approximate surface area is 109 Å². The SMILES string of the molecule is NS(=O)(=O)CCCNC(=O)c1ccc(F)cc1Cl. The molecule has 3 N–H and O–H groups in total. The lowest BCUT2D eigenvalue weighted by Crippen LogP contribution is -2.27. The van der Waals surface area contributed by atoms with Gasteiger partial charge in [0.25, 0.3) is 5.91 Å². The highest BCUT2D eigenvalue weighted by atomic mass is 35.5. The molecule has 1 aromatic rings. The number of hydrogen-bond acceptors (Lipinski definition) is 3. The highest BCUT2D eigenvalue weighted by Gasteiger charge is 2.10. The summed E-state index contributed by atoms with van der Waals surface area (Å²) in [4.78, 5) is 11.6. The number of sulfonamides is 1. The van der Waals surface area contributed by atoms with Gasteiger partial charge in [0.05, 0.1) is 16.3 Å². The smallest absolute Gasteiger partial charge is 0.252 e. The normalized spacial score (nSPS) is 11.3. The second kappa shape index (κ2) is 6.12. The molecule has 0 radical (unpaired) electrons. The molecule has 100 valence electrons. The molecule has 8 heteroatoms. The standard InChI is InChI=1S/C10H12ClFN2O3S/c11-9-6-7(12)2-3-8(9)10(15)14-4-1-5-18(13,16)17/h2-3,6H,1,4-5H2,(H,14,15)(H2,13,16,17). The van der Waals surface area contributed by atoms with Crippen molar-refractivity contribution in [3.05, 3.63) is 34.6 Å². The molecule has 0 atom stereocenters. The Morgan fingerprint density at radius 3 is 2.67 bits per heavy atom. The van der Waals surface area contributed by atoms with Crippen LogP contribution in [0.2, 0.25) is 5.02 Å². The van der Waals surface area contributed by atoms with E-state index in [0.29, 0.717) is 0 Å². The van der Waals surface area contributed by atoms with Gasteiger partial charge in [0.15, 0.2) is 0 Å². The molecule has 0 heterocycles. The zero-order valence-electron chi connectivity index (χ0n) is 9.32. The molecule has 0 spiro atoms. The summed E-state index contributed by atoms with van der Waals surface area (Å²) in [5, 5.41) is 7.27.